The minimum atomic E-state index is -0.806. The van der Waals surface area contributed by atoms with E-state index >= 15 is 0 Å². The first-order valence-electron chi connectivity index (χ1n) is 6.05. The Labute approximate surface area is 111 Å². The lowest BCUT2D eigenvalue weighted by molar-refractivity contribution is -0.136. The topological polar surface area (TPSA) is 70.4 Å². The molecule has 2 N–H and O–H groups in total. The molecule has 1 aromatic carbocycles. The summed E-state index contributed by atoms with van der Waals surface area (Å²) in [5.41, 5.74) is 2.46. The fraction of sp³-hybridized carbons (Fsp3) is 0.200. The Morgan fingerprint density at radius 3 is 2.47 bits per heavy atom. The molecule has 0 aliphatic rings. The summed E-state index contributed by atoms with van der Waals surface area (Å²) in [5.74, 6) is -0.806. The highest BCUT2D eigenvalue weighted by Crippen LogP contribution is 2.21. The number of carboxylic acids is 1. The molecule has 0 aliphatic carbocycles. The number of nitrogens with zero attached hydrogens (tertiary/aromatic N) is 1. The van der Waals surface area contributed by atoms with E-state index in [9.17, 15) is 9.90 Å². The summed E-state index contributed by atoms with van der Waals surface area (Å²) >= 11 is 0. The number of benzene rings is 1. The van der Waals surface area contributed by atoms with Gasteiger partial charge in [-0.15, -0.1) is 0 Å². The minimum Gasteiger partial charge on any atom is -0.481 e. The van der Waals surface area contributed by atoms with Gasteiger partial charge in [0, 0.05) is 24.4 Å². The number of aromatic nitrogens is 1. The Morgan fingerprint density at radius 1 is 1.16 bits per heavy atom. The van der Waals surface area contributed by atoms with Gasteiger partial charge in [-0.3, -0.25) is 9.78 Å². The zero-order valence-electron chi connectivity index (χ0n) is 10.4. The average Bonchev–Trinajstić information content (AvgIpc) is 2.46. The second-order valence-corrected chi connectivity index (χ2v) is 4.32. The molecule has 2 aromatic rings. The summed E-state index contributed by atoms with van der Waals surface area (Å²) in [4.78, 5) is 14.5. The molecule has 98 valence electrons. The smallest absolute Gasteiger partial charge is 0.303 e. The summed E-state index contributed by atoms with van der Waals surface area (Å²) in [5, 5.41) is 18.8. The largest absolute Gasteiger partial charge is 0.481 e. The van der Waals surface area contributed by atoms with Crippen molar-refractivity contribution in [2.45, 2.75) is 18.9 Å². The van der Waals surface area contributed by atoms with Crippen molar-refractivity contribution in [1.82, 2.24) is 4.98 Å². The molecule has 0 aliphatic heterocycles. The standard InChI is InChI=1S/C15H15NO3/c17-14(18)8-5-11-3-6-12(7-4-11)15(19)13-2-1-9-16-10-13/h1-4,6-7,9-10,15,19H,5,8H2,(H,17,18). The molecule has 1 heterocycles. The van der Waals surface area contributed by atoms with Gasteiger partial charge in [0.15, 0.2) is 0 Å². The molecule has 0 bridgehead atoms. The van der Waals surface area contributed by atoms with Gasteiger partial charge in [0.05, 0.1) is 0 Å². The SMILES string of the molecule is O=C(O)CCc1ccc(C(O)c2cccnc2)cc1. The number of aliphatic carboxylic acids is 1. The van der Waals surface area contributed by atoms with Crippen LogP contribution in [-0.4, -0.2) is 21.2 Å². The molecular formula is C15H15NO3. The van der Waals surface area contributed by atoms with Crippen molar-refractivity contribution in [2.24, 2.45) is 0 Å². The molecule has 4 heteroatoms. The van der Waals surface area contributed by atoms with Crippen molar-refractivity contribution in [2.75, 3.05) is 0 Å². The quantitative estimate of drug-likeness (QED) is 0.861. The number of aliphatic hydroxyl groups is 1. The summed E-state index contributed by atoms with van der Waals surface area (Å²) in [7, 11) is 0. The highest BCUT2D eigenvalue weighted by Gasteiger charge is 2.10. The van der Waals surface area contributed by atoms with Gasteiger partial charge in [-0.25, -0.2) is 0 Å². The van der Waals surface area contributed by atoms with E-state index in [1.54, 1.807) is 18.5 Å². The molecule has 19 heavy (non-hydrogen) atoms. The fourth-order valence-electron chi connectivity index (χ4n) is 1.85. The first-order valence-corrected chi connectivity index (χ1v) is 6.05. The third-order valence-corrected chi connectivity index (χ3v) is 2.92. The molecule has 0 amide bonds. The molecule has 1 atom stereocenters. The van der Waals surface area contributed by atoms with Gasteiger partial charge in [0.25, 0.3) is 0 Å². The van der Waals surface area contributed by atoms with Crippen LogP contribution in [0.5, 0.6) is 0 Å². The maximum atomic E-state index is 10.5. The van der Waals surface area contributed by atoms with Crippen LogP contribution < -0.4 is 0 Å². The summed E-state index contributed by atoms with van der Waals surface area (Å²) in [6.07, 6.45) is 3.19. The van der Waals surface area contributed by atoms with Crippen LogP contribution in [0.1, 0.15) is 29.2 Å². The van der Waals surface area contributed by atoms with Crippen LogP contribution in [-0.2, 0) is 11.2 Å². The van der Waals surface area contributed by atoms with Crippen LogP contribution in [0, 0.1) is 0 Å². The predicted octanol–water partition coefficient (Wildman–Crippen LogP) is 2.18. The molecule has 4 nitrogen and oxygen atoms in total. The molecular weight excluding hydrogens is 242 g/mol. The second-order valence-electron chi connectivity index (χ2n) is 4.32. The predicted molar refractivity (Wildman–Crippen MR) is 70.7 cm³/mol. The van der Waals surface area contributed by atoms with Gasteiger partial charge in [0.2, 0.25) is 0 Å². The summed E-state index contributed by atoms with van der Waals surface area (Å²) in [6, 6.07) is 10.9. The maximum absolute atomic E-state index is 10.5. The normalized spacial score (nSPS) is 12.1. The highest BCUT2D eigenvalue weighted by atomic mass is 16.4. The van der Waals surface area contributed by atoms with E-state index in [1.807, 2.05) is 30.3 Å². The van der Waals surface area contributed by atoms with Gasteiger partial charge >= 0.3 is 5.97 Å². The number of aliphatic hydroxyl groups excluding tert-OH is 1. The number of aryl methyl sites for hydroxylation is 1. The Morgan fingerprint density at radius 2 is 1.89 bits per heavy atom. The van der Waals surface area contributed by atoms with Crippen molar-refractivity contribution < 1.29 is 15.0 Å². The maximum Gasteiger partial charge on any atom is 0.303 e. The van der Waals surface area contributed by atoms with Crippen LogP contribution in [0.4, 0.5) is 0 Å². The Kier molecular flexibility index (Phi) is 4.26. The molecule has 1 aromatic heterocycles. The number of carboxylic acid groups (broad SMARTS) is 1. The van der Waals surface area contributed by atoms with Gasteiger partial charge in [-0.05, 0) is 23.6 Å². The third-order valence-electron chi connectivity index (χ3n) is 2.92. The van der Waals surface area contributed by atoms with Crippen LogP contribution in [0.2, 0.25) is 0 Å². The van der Waals surface area contributed by atoms with E-state index in [2.05, 4.69) is 4.98 Å². The van der Waals surface area contributed by atoms with E-state index in [0.717, 1.165) is 16.7 Å². The molecule has 0 saturated heterocycles. The van der Waals surface area contributed by atoms with E-state index in [4.69, 9.17) is 5.11 Å². The van der Waals surface area contributed by atoms with Gasteiger partial charge in [0.1, 0.15) is 6.10 Å². The van der Waals surface area contributed by atoms with Crippen LogP contribution in [0.25, 0.3) is 0 Å². The first-order chi connectivity index (χ1) is 9.16. The van der Waals surface area contributed by atoms with Crippen molar-refractivity contribution in [3.8, 4) is 0 Å². The highest BCUT2D eigenvalue weighted by molar-refractivity contribution is 5.67. The average molecular weight is 257 g/mol. The fourth-order valence-corrected chi connectivity index (χ4v) is 1.85. The molecule has 1 unspecified atom stereocenters. The molecule has 0 radical (unpaired) electrons. The monoisotopic (exact) mass is 257 g/mol. The Bertz CT molecular complexity index is 537. The molecule has 2 rings (SSSR count). The minimum absolute atomic E-state index is 0.116. The van der Waals surface area contributed by atoms with E-state index in [1.165, 1.54) is 0 Å². The lowest BCUT2D eigenvalue weighted by Gasteiger charge is -2.11. The number of rotatable bonds is 5. The van der Waals surface area contributed by atoms with Crippen LogP contribution in [0.3, 0.4) is 0 Å². The number of pyridine rings is 1. The van der Waals surface area contributed by atoms with Crippen molar-refractivity contribution in [3.63, 3.8) is 0 Å². The molecule has 0 spiro atoms. The number of hydrogen-bond acceptors (Lipinski definition) is 3. The first kappa shape index (κ1) is 13.2. The van der Waals surface area contributed by atoms with Gasteiger partial charge in [-0.1, -0.05) is 30.3 Å². The molecule has 0 saturated carbocycles. The van der Waals surface area contributed by atoms with E-state index in [0.29, 0.717) is 6.42 Å². The summed E-state index contributed by atoms with van der Waals surface area (Å²) in [6.45, 7) is 0. The number of carbonyl (C=O) groups is 1. The molecule has 0 fully saturated rings. The van der Waals surface area contributed by atoms with Gasteiger partial charge < -0.3 is 10.2 Å². The van der Waals surface area contributed by atoms with Crippen LogP contribution >= 0.6 is 0 Å². The van der Waals surface area contributed by atoms with Crippen molar-refractivity contribution >= 4 is 5.97 Å². The van der Waals surface area contributed by atoms with Gasteiger partial charge in [-0.2, -0.15) is 0 Å². The summed E-state index contributed by atoms with van der Waals surface area (Å²) < 4.78 is 0. The van der Waals surface area contributed by atoms with E-state index < -0.39 is 12.1 Å². The lowest BCUT2D eigenvalue weighted by atomic mass is 10.0. The Hall–Kier alpha value is -2.20. The van der Waals surface area contributed by atoms with E-state index in [-0.39, 0.29) is 6.42 Å². The number of hydrogen-bond donors (Lipinski definition) is 2. The lowest BCUT2D eigenvalue weighted by Crippen LogP contribution is -2.01. The van der Waals surface area contributed by atoms with Crippen LogP contribution in [0.15, 0.2) is 48.8 Å². The Balaban J connectivity index is 2.08. The second kappa shape index (κ2) is 6.11. The zero-order chi connectivity index (χ0) is 13.7. The van der Waals surface area contributed by atoms with Crippen molar-refractivity contribution in [1.29, 1.82) is 0 Å². The third kappa shape index (κ3) is 3.63. The zero-order valence-corrected chi connectivity index (χ0v) is 10.4. The van der Waals surface area contributed by atoms with Crippen molar-refractivity contribution in [3.05, 3.63) is 65.5 Å².